The van der Waals surface area contributed by atoms with Crippen LogP contribution < -0.4 is 21.9 Å². The van der Waals surface area contributed by atoms with Gasteiger partial charge < -0.3 is 26.7 Å². The Morgan fingerprint density at radius 1 is 1.07 bits per heavy atom. The first-order valence-electron chi connectivity index (χ1n) is 12.5. The predicted molar refractivity (Wildman–Crippen MR) is 150 cm³/mol. The Hall–Kier alpha value is -5.67. The largest absolute Gasteiger partial charge is 0.573 e. The van der Waals surface area contributed by atoms with E-state index in [1.165, 1.54) is 30.3 Å². The van der Waals surface area contributed by atoms with Crippen LogP contribution in [-0.4, -0.2) is 45.1 Å². The second-order valence-electron chi connectivity index (χ2n) is 9.08. The van der Waals surface area contributed by atoms with Crippen molar-refractivity contribution < 1.29 is 36.2 Å². The maximum Gasteiger partial charge on any atom is 0.573 e. The summed E-state index contributed by atoms with van der Waals surface area (Å²) in [5, 5.41) is 4.39. The number of hydrogen-bond donors (Lipinski definition) is 3. The number of nitrogens with zero attached hydrogens (tertiary/aromatic N) is 5. The number of carbonyl (C=O) groups is 1. The van der Waals surface area contributed by atoms with Crippen LogP contribution >= 0.6 is 0 Å². The van der Waals surface area contributed by atoms with Gasteiger partial charge >= 0.3 is 12.5 Å². The van der Waals surface area contributed by atoms with Gasteiger partial charge in [0.1, 0.15) is 40.2 Å². The molecule has 0 saturated heterocycles. The lowest BCUT2D eigenvalue weighted by atomic mass is 10.1. The third kappa shape index (κ3) is 7.03. The molecule has 0 fully saturated rings. The monoisotopic (exact) mass is 616 g/mol. The molecule has 11 nitrogen and oxygen atoms in total. The van der Waals surface area contributed by atoms with Crippen molar-refractivity contribution in [3.63, 3.8) is 0 Å². The number of methoxy groups -OCH3 is 1. The van der Waals surface area contributed by atoms with Gasteiger partial charge in [-0.25, -0.2) is 28.2 Å². The van der Waals surface area contributed by atoms with Crippen molar-refractivity contribution in [1.29, 1.82) is 0 Å². The number of nitrogens with two attached hydrogens (primary N) is 3. The van der Waals surface area contributed by atoms with Crippen LogP contribution in [0, 0.1) is 11.6 Å². The van der Waals surface area contributed by atoms with Gasteiger partial charge in [0.2, 0.25) is 0 Å². The first kappa shape index (κ1) is 31.3. The zero-order chi connectivity index (χ0) is 32.2. The molecule has 0 unspecified atom stereocenters. The standard InChI is InChI=1S/C28H25F5N8O3/c1-15(41-21-12-18(29)13-37-23(21)20(39-41)11-16-7-3-5-9-19(16)30)38-26(36)24(25(34)35)40(27(42)43-2)14-17-8-4-6-10-22(17)44-28(31,32)33/h3-10,12-13H,1,11,14,34-35H2,2H3,(H2,36,38). The Morgan fingerprint density at radius 3 is 2.36 bits per heavy atom. The van der Waals surface area contributed by atoms with Gasteiger partial charge in [-0.1, -0.05) is 43.0 Å². The lowest BCUT2D eigenvalue weighted by Crippen LogP contribution is -2.40. The van der Waals surface area contributed by atoms with Gasteiger partial charge in [-0.05, 0) is 17.7 Å². The van der Waals surface area contributed by atoms with Crippen molar-refractivity contribution in [2.75, 3.05) is 7.11 Å². The number of halogens is 5. The fourth-order valence-electron chi connectivity index (χ4n) is 4.23. The fraction of sp³-hybridized carbons (Fsp3) is 0.143. The van der Waals surface area contributed by atoms with Gasteiger partial charge in [0.05, 0.1) is 31.1 Å². The highest BCUT2D eigenvalue weighted by Gasteiger charge is 2.33. The molecular formula is C28H25F5N8O3. The molecule has 0 aliphatic rings. The number of pyridine rings is 1. The average Bonchev–Trinajstić information content (AvgIpc) is 3.30. The minimum absolute atomic E-state index is 0.0162. The minimum atomic E-state index is -5.03. The summed E-state index contributed by atoms with van der Waals surface area (Å²) < 4.78 is 77.5. The van der Waals surface area contributed by atoms with Crippen LogP contribution in [0.3, 0.4) is 0 Å². The van der Waals surface area contributed by atoms with Crippen LogP contribution in [0.5, 0.6) is 5.75 Å². The smallest absolute Gasteiger partial charge is 0.452 e. The molecule has 16 heteroatoms. The molecule has 0 aliphatic heterocycles. The molecule has 230 valence electrons. The van der Waals surface area contributed by atoms with Gasteiger partial charge in [-0.2, -0.15) is 5.10 Å². The van der Waals surface area contributed by atoms with Crippen molar-refractivity contribution in [3.8, 4) is 5.75 Å². The second-order valence-corrected chi connectivity index (χ2v) is 9.08. The molecule has 2 heterocycles. The van der Waals surface area contributed by atoms with Crippen LogP contribution in [0.1, 0.15) is 16.8 Å². The van der Waals surface area contributed by atoms with Crippen LogP contribution in [0.25, 0.3) is 16.9 Å². The van der Waals surface area contributed by atoms with Crippen LogP contribution in [0.15, 0.2) is 83.9 Å². The summed E-state index contributed by atoms with van der Waals surface area (Å²) in [4.78, 5) is 21.8. The molecule has 6 N–H and O–H groups in total. The highest BCUT2D eigenvalue weighted by atomic mass is 19.4. The first-order valence-corrected chi connectivity index (χ1v) is 12.5. The highest BCUT2D eigenvalue weighted by Crippen LogP contribution is 2.29. The van der Waals surface area contributed by atoms with Gasteiger partial charge in [0.25, 0.3) is 0 Å². The number of para-hydroxylation sites is 1. The number of aliphatic imine (C=N–C) groups is 1. The third-order valence-electron chi connectivity index (χ3n) is 6.07. The normalized spacial score (nSPS) is 11.7. The zero-order valence-electron chi connectivity index (χ0n) is 23.0. The summed E-state index contributed by atoms with van der Waals surface area (Å²) in [6, 6.07) is 12.1. The van der Waals surface area contributed by atoms with E-state index in [9.17, 15) is 26.7 Å². The maximum atomic E-state index is 14.4. The van der Waals surface area contributed by atoms with E-state index >= 15 is 0 Å². The highest BCUT2D eigenvalue weighted by molar-refractivity contribution is 6.02. The number of fused-ring (bicyclic) bond motifs is 1. The van der Waals surface area contributed by atoms with Crippen molar-refractivity contribution in [2.24, 2.45) is 22.2 Å². The first-order chi connectivity index (χ1) is 20.8. The predicted octanol–water partition coefficient (Wildman–Crippen LogP) is 4.34. The Kier molecular flexibility index (Phi) is 9.01. The fourth-order valence-corrected chi connectivity index (χ4v) is 4.23. The van der Waals surface area contributed by atoms with E-state index in [1.807, 2.05) is 0 Å². The number of hydrogen-bond acceptors (Lipinski definition) is 8. The van der Waals surface area contributed by atoms with E-state index < -0.39 is 53.7 Å². The lowest BCUT2D eigenvalue weighted by molar-refractivity contribution is -0.275. The summed E-state index contributed by atoms with van der Waals surface area (Å²) in [7, 11) is 1.01. The number of alkyl halides is 3. The minimum Gasteiger partial charge on any atom is -0.452 e. The van der Waals surface area contributed by atoms with Crippen LogP contribution in [0.4, 0.5) is 26.7 Å². The maximum absolute atomic E-state index is 14.4. The van der Waals surface area contributed by atoms with Gasteiger partial charge in [0, 0.05) is 18.1 Å². The summed E-state index contributed by atoms with van der Waals surface area (Å²) in [6.07, 6.45) is -5.19. The molecule has 0 atom stereocenters. The van der Waals surface area contributed by atoms with Crippen molar-refractivity contribution in [2.45, 2.75) is 19.3 Å². The molecule has 2 aromatic heterocycles. The number of aromatic nitrogens is 3. The molecule has 44 heavy (non-hydrogen) atoms. The van der Waals surface area contributed by atoms with Crippen molar-refractivity contribution >= 4 is 28.8 Å². The molecule has 4 rings (SSSR count). The lowest BCUT2D eigenvalue weighted by Gasteiger charge is -2.25. The summed E-state index contributed by atoms with van der Waals surface area (Å²) in [5.74, 6) is -3.14. The molecule has 0 bridgehead atoms. The Labute approximate surface area is 246 Å². The summed E-state index contributed by atoms with van der Waals surface area (Å²) in [6.45, 7) is 3.22. The van der Waals surface area contributed by atoms with E-state index in [2.05, 4.69) is 26.4 Å². The second kappa shape index (κ2) is 12.7. The van der Waals surface area contributed by atoms with E-state index in [4.69, 9.17) is 21.9 Å². The number of amidine groups is 1. The molecule has 4 aromatic rings. The van der Waals surface area contributed by atoms with Gasteiger partial charge in [-0.15, -0.1) is 13.2 Å². The third-order valence-corrected chi connectivity index (χ3v) is 6.07. The molecular weight excluding hydrogens is 591 g/mol. The quantitative estimate of drug-likeness (QED) is 0.142. The number of rotatable bonds is 9. The van der Waals surface area contributed by atoms with Gasteiger partial charge in [0.15, 0.2) is 5.84 Å². The molecule has 0 radical (unpaired) electrons. The molecule has 0 saturated carbocycles. The number of amides is 1. The Balaban J connectivity index is 1.74. The SMILES string of the molecule is C=C(/N=C(/N)C(=C(N)N)N(Cc1ccccc1OC(F)(F)F)C(=O)OC)n1nc(Cc2ccccc2F)c2ncc(F)cc21. The Bertz CT molecular complexity index is 1780. The molecule has 2 aromatic carbocycles. The van der Waals surface area contributed by atoms with Crippen molar-refractivity contribution in [3.05, 3.63) is 107 Å². The average molecular weight is 617 g/mol. The van der Waals surface area contributed by atoms with Crippen LogP contribution in [0.2, 0.25) is 0 Å². The molecule has 1 amide bonds. The van der Waals surface area contributed by atoms with Gasteiger partial charge in [-0.3, -0.25) is 4.90 Å². The van der Waals surface area contributed by atoms with E-state index in [1.54, 1.807) is 12.1 Å². The van der Waals surface area contributed by atoms with E-state index in [0.717, 1.165) is 35.0 Å². The zero-order valence-corrected chi connectivity index (χ0v) is 23.0. The van der Waals surface area contributed by atoms with Crippen molar-refractivity contribution in [1.82, 2.24) is 19.7 Å². The van der Waals surface area contributed by atoms with E-state index in [-0.39, 0.29) is 34.5 Å². The number of ether oxygens (including phenoxy) is 2. The van der Waals surface area contributed by atoms with E-state index in [0.29, 0.717) is 5.56 Å². The summed E-state index contributed by atoms with van der Waals surface area (Å²) in [5.41, 5.74) is 18.2. The topological polar surface area (TPSA) is 160 Å². The van der Waals surface area contributed by atoms with Crippen LogP contribution in [-0.2, 0) is 17.7 Å². The number of benzene rings is 2. The summed E-state index contributed by atoms with van der Waals surface area (Å²) >= 11 is 0. The number of carbonyl (C=O) groups excluding carboxylic acids is 1. The Morgan fingerprint density at radius 2 is 1.73 bits per heavy atom. The molecule has 0 spiro atoms. The molecule has 0 aliphatic carbocycles.